The van der Waals surface area contributed by atoms with E-state index in [1.807, 2.05) is 35.2 Å². The maximum atomic E-state index is 13.9. The van der Waals surface area contributed by atoms with Crippen LogP contribution in [0.15, 0.2) is 75.4 Å². The number of sulfonamides is 1. The van der Waals surface area contributed by atoms with Crippen LogP contribution in [0.4, 0.5) is 43.9 Å². The number of hydrogen-bond acceptors (Lipinski definition) is 11. The van der Waals surface area contributed by atoms with Gasteiger partial charge in [0.15, 0.2) is 0 Å². The number of thioether (sulfide) groups is 1. The minimum absolute atomic E-state index is 0.00463. The lowest BCUT2D eigenvalue weighted by molar-refractivity contribution is -0.143. The molecule has 0 unspecified atom stereocenters. The Kier molecular flexibility index (Phi) is 10.9. The summed E-state index contributed by atoms with van der Waals surface area (Å²) in [5.74, 6) is 0.522. The number of rotatable bonds is 9. The minimum Gasteiger partial charge on any atom is -0.368 e. The molecule has 3 aromatic carbocycles. The van der Waals surface area contributed by atoms with Crippen LogP contribution in [-0.2, 0) is 34.7 Å². The number of hydrogen-bond donors (Lipinski definition) is 2. The normalized spacial score (nSPS) is 15.5. The number of piperazine rings is 1. The number of para-hydroxylation sites is 1. The molecule has 3 N–H and O–H groups in total. The van der Waals surface area contributed by atoms with Crippen molar-refractivity contribution in [3.05, 3.63) is 93.8 Å². The van der Waals surface area contributed by atoms with Crippen LogP contribution in [0.2, 0.25) is 5.02 Å². The molecule has 4 aromatic rings. The van der Waals surface area contributed by atoms with Gasteiger partial charge in [-0.15, -0.1) is 11.8 Å². The zero-order chi connectivity index (χ0) is 38.1. The molecule has 1 saturated heterocycles. The van der Waals surface area contributed by atoms with Gasteiger partial charge >= 0.3 is 12.4 Å². The molecule has 0 amide bonds. The smallest absolute Gasteiger partial charge is 0.368 e. The van der Waals surface area contributed by atoms with Crippen LogP contribution in [-0.4, -0.2) is 73.5 Å². The van der Waals surface area contributed by atoms with Crippen molar-refractivity contribution in [2.75, 3.05) is 54.8 Å². The fourth-order valence-corrected chi connectivity index (χ4v) is 8.53. The number of benzene rings is 3. The zero-order valence-corrected chi connectivity index (χ0v) is 30.3. The van der Waals surface area contributed by atoms with Crippen molar-refractivity contribution in [2.45, 2.75) is 41.4 Å². The Morgan fingerprint density at radius 3 is 2.15 bits per heavy atom. The molecule has 282 valence electrons. The number of aryl methyl sites for hydroxylation is 1. The highest BCUT2D eigenvalue weighted by Gasteiger charge is 2.37. The monoisotopic (exact) mass is 799 g/mol. The summed E-state index contributed by atoms with van der Waals surface area (Å²) in [5, 5.41) is 0.281. The second kappa shape index (κ2) is 15.1. The number of nitrogens with one attached hydrogen (secondary N) is 1. The number of nitrogens with zero attached hydrogens (tertiary/aromatic N) is 7. The fourth-order valence-electron chi connectivity index (χ4n) is 5.78. The number of nitrogen functional groups attached to an aromatic ring is 1. The van der Waals surface area contributed by atoms with Crippen LogP contribution >= 0.6 is 23.4 Å². The van der Waals surface area contributed by atoms with Gasteiger partial charge in [0, 0.05) is 54.9 Å². The average molecular weight is 800 g/mol. The summed E-state index contributed by atoms with van der Waals surface area (Å²) in [6, 6.07) is 14.1. The van der Waals surface area contributed by atoms with E-state index in [-0.39, 0.29) is 57.2 Å². The highest BCUT2D eigenvalue weighted by molar-refractivity contribution is 7.99. The van der Waals surface area contributed by atoms with E-state index in [0.29, 0.717) is 42.6 Å². The highest BCUT2D eigenvalue weighted by atomic mass is 35.5. The van der Waals surface area contributed by atoms with Crippen LogP contribution in [0.25, 0.3) is 0 Å². The van der Waals surface area contributed by atoms with Crippen LogP contribution in [0.3, 0.4) is 0 Å². The van der Waals surface area contributed by atoms with Gasteiger partial charge in [-0.25, -0.2) is 13.1 Å². The van der Waals surface area contributed by atoms with Crippen molar-refractivity contribution in [3.8, 4) is 0 Å². The van der Waals surface area contributed by atoms with Gasteiger partial charge in [0.25, 0.3) is 10.0 Å². The van der Waals surface area contributed by atoms with Crippen molar-refractivity contribution >= 4 is 56.9 Å². The number of guanidine groups is 1. The van der Waals surface area contributed by atoms with Crippen LogP contribution < -0.4 is 20.3 Å². The van der Waals surface area contributed by atoms with Gasteiger partial charge in [0.1, 0.15) is 10.7 Å². The largest absolute Gasteiger partial charge is 0.416 e. The van der Waals surface area contributed by atoms with E-state index in [1.54, 1.807) is 6.92 Å². The predicted octanol–water partition coefficient (Wildman–Crippen LogP) is 6.22. The first-order valence-corrected chi connectivity index (χ1v) is 18.9. The Balaban J connectivity index is 1.18. The lowest BCUT2D eigenvalue weighted by atomic mass is 10.0. The standard InChI is InChI=1S/C33H32ClF6N9O2S2/c1-20-13-27(53(50,51)46-30-42-7-8-49(30)18-21-14-22(32(35,36)37)16-23(15-21)33(38,39)40)26(17-25(20)34)52-19-28-43-29(41)45-31(44-28)48-11-9-47(10-12-48)24-5-3-2-4-6-24/h2-6,13-17H,7-12,18-19H2,1H3,(H,42,46)(H2,41,43,44,45). The SMILES string of the molecule is Cc1cc(S(=O)(=O)NC2=NCCN2Cc2cc(C(F)(F)F)cc(C(F)(F)F)c2)c(SCc2nc(N)nc(N3CCN(c4ccccc4)CC3)n2)cc1Cl. The molecule has 11 nitrogen and oxygen atoms in total. The number of anilines is 3. The number of nitrogens with two attached hydrogens (primary N) is 1. The van der Waals surface area contributed by atoms with Gasteiger partial charge in [-0.1, -0.05) is 29.8 Å². The number of alkyl halides is 6. The fraction of sp³-hybridized carbons (Fsp3) is 0.333. The van der Waals surface area contributed by atoms with Gasteiger partial charge < -0.3 is 20.4 Å². The molecule has 0 saturated carbocycles. The molecular formula is C33H32ClF6N9O2S2. The molecule has 1 fully saturated rings. The molecule has 3 heterocycles. The number of halogens is 7. The van der Waals surface area contributed by atoms with E-state index in [0.717, 1.165) is 30.5 Å². The van der Waals surface area contributed by atoms with Crippen molar-refractivity contribution < 1.29 is 34.8 Å². The molecular weight excluding hydrogens is 768 g/mol. The topological polar surface area (TPSA) is 133 Å². The molecule has 20 heteroatoms. The van der Waals surface area contributed by atoms with E-state index in [2.05, 4.69) is 29.6 Å². The summed E-state index contributed by atoms with van der Waals surface area (Å²) in [4.78, 5) is 22.8. The summed E-state index contributed by atoms with van der Waals surface area (Å²) in [6.07, 6.45) is -10.1. The Morgan fingerprint density at radius 2 is 1.51 bits per heavy atom. The van der Waals surface area contributed by atoms with Crippen molar-refractivity contribution in [1.29, 1.82) is 0 Å². The predicted molar refractivity (Wildman–Crippen MR) is 190 cm³/mol. The summed E-state index contributed by atoms with van der Waals surface area (Å²) < 4.78 is 111. The Hall–Kier alpha value is -4.49. The summed E-state index contributed by atoms with van der Waals surface area (Å²) in [5.41, 5.74) is 4.32. The summed E-state index contributed by atoms with van der Waals surface area (Å²) in [7, 11) is -4.42. The molecule has 0 radical (unpaired) electrons. The lowest BCUT2D eigenvalue weighted by Gasteiger charge is -2.36. The second-order valence-electron chi connectivity index (χ2n) is 12.2. The Bertz CT molecular complexity index is 2080. The average Bonchev–Trinajstić information content (AvgIpc) is 3.53. The summed E-state index contributed by atoms with van der Waals surface area (Å²) in [6.45, 7) is 3.95. The third-order valence-electron chi connectivity index (χ3n) is 8.42. The first kappa shape index (κ1) is 38.2. The third-order valence-corrected chi connectivity index (χ3v) is 11.4. The van der Waals surface area contributed by atoms with E-state index < -0.39 is 40.0 Å². The van der Waals surface area contributed by atoms with E-state index >= 15 is 0 Å². The maximum absolute atomic E-state index is 13.9. The van der Waals surface area contributed by atoms with Gasteiger partial charge in [-0.05, 0) is 60.5 Å². The highest BCUT2D eigenvalue weighted by Crippen LogP contribution is 2.37. The van der Waals surface area contributed by atoms with E-state index in [1.165, 1.54) is 17.0 Å². The Labute approximate surface area is 310 Å². The van der Waals surface area contributed by atoms with Gasteiger partial charge in [0.2, 0.25) is 17.9 Å². The van der Waals surface area contributed by atoms with Gasteiger partial charge in [0.05, 0.1) is 23.4 Å². The molecule has 6 rings (SSSR count). The zero-order valence-electron chi connectivity index (χ0n) is 27.9. The van der Waals surface area contributed by atoms with Crippen LogP contribution in [0, 0.1) is 6.92 Å². The van der Waals surface area contributed by atoms with E-state index in [9.17, 15) is 34.8 Å². The number of aromatic nitrogens is 3. The van der Waals surface area contributed by atoms with Gasteiger partial charge in [-0.2, -0.15) is 41.3 Å². The molecule has 2 aliphatic heterocycles. The molecule has 1 aromatic heterocycles. The summed E-state index contributed by atoms with van der Waals surface area (Å²) >= 11 is 7.48. The maximum Gasteiger partial charge on any atom is 0.416 e. The molecule has 2 aliphatic rings. The molecule has 0 bridgehead atoms. The van der Waals surface area contributed by atoms with Gasteiger partial charge in [-0.3, -0.25) is 4.99 Å². The van der Waals surface area contributed by atoms with Crippen molar-refractivity contribution in [1.82, 2.24) is 24.6 Å². The lowest BCUT2D eigenvalue weighted by Crippen LogP contribution is -2.47. The quantitative estimate of drug-likeness (QED) is 0.149. The van der Waals surface area contributed by atoms with Crippen LogP contribution in [0.5, 0.6) is 0 Å². The first-order chi connectivity index (χ1) is 25.0. The third kappa shape index (κ3) is 9.18. The van der Waals surface area contributed by atoms with E-state index in [4.69, 9.17) is 17.3 Å². The Morgan fingerprint density at radius 1 is 0.868 bits per heavy atom. The molecule has 0 spiro atoms. The number of aliphatic imine (C=N–C) groups is 1. The molecule has 0 aliphatic carbocycles. The minimum atomic E-state index is -5.04. The molecule has 0 atom stereocenters. The second-order valence-corrected chi connectivity index (χ2v) is 15.3. The molecule has 53 heavy (non-hydrogen) atoms. The van der Waals surface area contributed by atoms with Crippen LogP contribution in [0.1, 0.15) is 28.1 Å². The van der Waals surface area contributed by atoms with Crippen molar-refractivity contribution in [3.63, 3.8) is 0 Å². The van der Waals surface area contributed by atoms with Crippen molar-refractivity contribution in [2.24, 2.45) is 4.99 Å². The first-order valence-electron chi connectivity index (χ1n) is 16.1.